The summed E-state index contributed by atoms with van der Waals surface area (Å²) >= 11 is 3.01. The number of thioether (sulfide) groups is 1. The Bertz CT molecular complexity index is 1050. The first kappa shape index (κ1) is 23.5. The van der Waals surface area contributed by atoms with E-state index in [1.54, 1.807) is 6.20 Å². The van der Waals surface area contributed by atoms with Gasteiger partial charge in [0, 0.05) is 16.5 Å². The summed E-state index contributed by atoms with van der Waals surface area (Å²) in [5.41, 5.74) is 0.944. The molecule has 2 aromatic heterocycles. The van der Waals surface area contributed by atoms with Crippen LogP contribution in [-0.4, -0.2) is 40.9 Å². The number of thiazole rings is 1. The first-order valence-electron chi connectivity index (χ1n) is 11.1. The van der Waals surface area contributed by atoms with Gasteiger partial charge in [0.05, 0.1) is 12.3 Å². The molecule has 3 heterocycles. The predicted octanol–water partition coefficient (Wildman–Crippen LogP) is 5.41. The lowest BCUT2D eigenvalue weighted by Crippen LogP contribution is -2.37. The van der Waals surface area contributed by atoms with Gasteiger partial charge >= 0.3 is 5.97 Å². The Morgan fingerprint density at radius 1 is 1.30 bits per heavy atom. The van der Waals surface area contributed by atoms with E-state index in [-0.39, 0.29) is 17.1 Å². The molecule has 1 saturated heterocycles. The molecule has 7 nitrogen and oxygen atoms in total. The summed E-state index contributed by atoms with van der Waals surface area (Å²) in [5.74, 6) is 1.95. The SMILES string of the molecule is CCOC(=O)C(Sc1cnc(Nc2nc(C)cs2)c(Oc2ccccc2)c1)C1CCNCC1. The van der Waals surface area contributed by atoms with Crippen molar-refractivity contribution in [2.75, 3.05) is 25.0 Å². The zero-order chi connectivity index (χ0) is 23.0. The van der Waals surface area contributed by atoms with Gasteiger partial charge in [-0.1, -0.05) is 18.2 Å². The lowest BCUT2D eigenvalue weighted by Gasteiger charge is -2.28. The van der Waals surface area contributed by atoms with Gasteiger partial charge in [-0.15, -0.1) is 23.1 Å². The van der Waals surface area contributed by atoms with Gasteiger partial charge in [-0.25, -0.2) is 9.97 Å². The van der Waals surface area contributed by atoms with Crippen LogP contribution in [-0.2, 0) is 9.53 Å². The Labute approximate surface area is 202 Å². The Balaban J connectivity index is 1.61. The molecule has 1 unspecified atom stereocenters. The number of rotatable bonds is 9. The maximum Gasteiger partial charge on any atom is 0.319 e. The second-order valence-electron chi connectivity index (χ2n) is 7.73. The van der Waals surface area contributed by atoms with Crippen LogP contribution < -0.4 is 15.4 Å². The third kappa shape index (κ3) is 6.46. The van der Waals surface area contributed by atoms with Crippen molar-refractivity contribution in [2.24, 2.45) is 5.92 Å². The van der Waals surface area contributed by atoms with Crippen molar-refractivity contribution in [2.45, 2.75) is 36.8 Å². The summed E-state index contributed by atoms with van der Waals surface area (Å²) in [6, 6.07) is 11.5. The number of piperidine rings is 1. The van der Waals surface area contributed by atoms with Crippen molar-refractivity contribution in [1.29, 1.82) is 0 Å². The van der Waals surface area contributed by atoms with Crippen LogP contribution in [0.25, 0.3) is 0 Å². The molecule has 0 amide bonds. The monoisotopic (exact) mass is 484 g/mol. The molecule has 1 aromatic carbocycles. The molecule has 0 saturated carbocycles. The smallest absolute Gasteiger partial charge is 0.319 e. The number of nitrogens with one attached hydrogen (secondary N) is 2. The quantitative estimate of drug-likeness (QED) is 0.308. The van der Waals surface area contributed by atoms with Gasteiger partial charge in [-0.3, -0.25) is 4.79 Å². The summed E-state index contributed by atoms with van der Waals surface area (Å²) in [6.45, 7) is 6.00. The molecular formula is C24H28N4O3S2. The second kappa shape index (κ2) is 11.5. The van der Waals surface area contributed by atoms with E-state index < -0.39 is 0 Å². The normalized spacial score (nSPS) is 15.1. The second-order valence-corrected chi connectivity index (χ2v) is 9.80. The Morgan fingerprint density at radius 2 is 2.09 bits per heavy atom. The lowest BCUT2D eigenvalue weighted by atomic mass is 9.94. The fraction of sp³-hybridized carbons (Fsp3) is 0.375. The van der Waals surface area contributed by atoms with Crippen LogP contribution in [0.2, 0.25) is 0 Å². The van der Waals surface area contributed by atoms with Crippen molar-refractivity contribution in [3.8, 4) is 11.5 Å². The molecule has 3 aromatic rings. The van der Waals surface area contributed by atoms with Crippen molar-refractivity contribution in [3.63, 3.8) is 0 Å². The van der Waals surface area contributed by atoms with E-state index in [2.05, 4.69) is 20.6 Å². The molecule has 174 valence electrons. The minimum atomic E-state index is -0.279. The van der Waals surface area contributed by atoms with E-state index in [0.717, 1.165) is 41.7 Å². The molecular weight excluding hydrogens is 456 g/mol. The summed E-state index contributed by atoms with van der Waals surface area (Å²) < 4.78 is 11.6. The lowest BCUT2D eigenvalue weighted by molar-refractivity contribution is -0.143. The number of pyridine rings is 1. The highest BCUT2D eigenvalue weighted by molar-refractivity contribution is 8.00. The number of anilines is 2. The van der Waals surface area contributed by atoms with Gasteiger partial charge in [-0.05, 0) is 63.9 Å². The van der Waals surface area contributed by atoms with Gasteiger partial charge in [-0.2, -0.15) is 0 Å². The van der Waals surface area contributed by atoms with Gasteiger partial charge < -0.3 is 20.1 Å². The number of hydrogen-bond acceptors (Lipinski definition) is 9. The minimum absolute atomic E-state index is 0.166. The first-order chi connectivity index (χ1) is 16.1. The molecule has 4 rings (SSSR count). The van der Waals surface area contributed by atoms with E-state index in [4.69, 9.17) is 9.47 Å². The Morgan fingerprint density at radius 3 is 2.79 bits per heavy atom. The molecule has 1 aliphatic heterocycles. The molecule has 2 N–H and O–H groups in total. The number of para-hydroxylation sites is 1. The summed E-state index contributed by atoms with van der Waals surface area (Å²) in [5, 5.41) is 9.08. The topological polar surface area (TPSA) is 85.4 Å². The van der Waals surface area contributed by atoms with E-state index in [1.165, 1.54) is 23.1 Å². The fourth-order valence-electron chi connectivity index (χ4n) is 3.65. The molecule has 33 heavy (non-hydrogen) atoms. The predicted molar refractivity (Wildman–Crippen MR) is 133 cm³/mol. The Hall–Kier alpha value is -2.62. The average molecular weight is 485 g/mol. The van der Waals surface area contributed by atoms with Crippen molar-refractivity contribution < 1.29 is 14.3 Å². The molecule has 1 atom stereocenters. The molecule has 0 spiro atoms. The molecule has 1 aliphatic rings. The standard InChI is InChI=1S/C24H28N4O3S2/c1-3-30-23(29)21(17-9-11-25-12-10-17)33-19-13-20(31-18-7-5-4-6-8-18)22(26-14-19)28-24-27-16(2)15-32-24/h4-8,13-15,17,21,25H,3,9-12H2,1-2H3,(H,26,27,28). The number of hydrogen-bond donors (Lipinski definition) is 2. The van der Waals surface area contributed by atoms with Gasteiger partial charge in [0.25, 0.3) is 0 Å². The third-order valence-electron chi connectivity index (χ3n) is 5.24. The molecule has 0 bridgehead atoms. The van der Waals surface area contributed by atoms with Crippen LogP contribution in [0.5, 0.6) is 11.5 Å². The van der Waals surface area contributed by atoms with Gasteiger partial charge in [0.2, 0.25) is 0 Å². The van der Waals surface area contributed by atoms with E-state index >= 15 is 0 Å². The van der Waals surface area contributed by atoms with E-state index in [1.807, 2.05) is 55.6 Å². The van der Waals surface area contributed by atoms with Crippen molar-refractivity contribution in [1.82, 2.24) is 15.3 Å². The number of aryl methyl sites for hydroxylation is 1. The number of ether oxygens (including phenoxy) is 2. The maximum atomic E-state index is 12.8. The summed E-state index contributed by atoms with van der Waals surface area (Å²) in [6.07, 6.45) is 3.67. The molecule has 0 aliphatic carbocycles. The minimum Gasteiger partial charge on any atom is -0.465 e. The highest BCUT2D eigenvalue weighted by atomic mass is 32.2. The van der Waals surface area contributed by atoms with E-state index in [0.29, 0.717) is 23.9 Å². The van der Waals surface area contributed by atoms with Crippen molar-refractivity contribution >= 4 is 40.0 Å². The van der Waals surface area contributed by atoms with Crippen LogP contribution in [0, 0.1) is 12.8 Å². The average Bonchev–Trinajstić information content (AvgIpc) is 3.25. The van der Waals surface area contributed by atoms with Crippen LogP contribution in [0.4, 0.5) is 10.9 Å². The number of nitrogens with zero attached hydrogens (tertiary/aromatic N) is 2. The summed E-state index contributed by atoms with van der Waals surface area (Å²) in [7, 11) is 0. The van der Waals surface area contributed by atoms with Crippen LogP contribution in [0.3, 0.4) is 0 Å². The number of carbonyl (C=O) groups is 1. The van der Waals surface area contributed by atoms with Gasteiger partial charge in [0.1, 0.15) is 11.0 Å². The first-order valence-corrected chi connectivity index (χ1v) is 12.8. The molecule has 0 radical (unpaired) electrons. The number of aromatic nitrogens is 2. The highest BCUT2D eigenvalue weighted by Gasteiger charge is 2.32. The van der Waals surface area contributed by atoms with Crippen LogP contribution in [0.15, 0.2) is 52.9 Å². The van der Waals surface area contributed by atoms with Gasteiger partial charge in [0.15, 0.2) is 16.7 Å². The number of benzene rings is 1. The van der Waals surface area contributed by atoms with Crippen LogP contribution in [0.1, 0.15) is 25.5 Å². The molecule has 1 fully saturated rings. The number of esters is 1. The highest BCUT2D eigenvalue weighted by Crippen LogP contribution is 2.38. The Kier molecular flexibility index (Phi) is 8.20. The molecule has 9 heteroatoms. The zero-order valence-corrected chi connectivity index (χ0v) is 20.4. The zero-order valence-electron chi connectivity index (χ0n) is 18.7. The fourth-order valence-corrected chi connectivity index (χ4v) is 5.54. The van der Waals surface area contributed by atoms with Crippen molar-refractivity contribution in [3.05, 3.63) is 53.7 Å². The van der Waals surface area contributed by atoms with Crippen LogP contribution >= 0.6 is 23.1 Å². The maximum absolute atomic E-state index is 12.8. The number of carbonyl (C=O) groups excluding carboxylic acids is 1. The third-order valence-corrected chi connectivity index (χ3v) is 7.44. The summed E-state index contributed by atoms with van der Waals surface area (Å²) in [4.78, 5) is 22.8. The largest absolute Gasteiger partial charge is 0.465 e. The van der Waals surface area contributed by atoms with E-state index in [9.17, 15) is 4.79 Å².